The highest BCUT2D eigenvalue weighted by Gasteiger charge is 2.26. The number of anilines is 2. The molecule has 3 aromatic rings. The van der Waals surface area contributed by atoms with Gasteiger partial charge in [-0.2, -0.15) is 0 Å². The van der Waals surface area contributed by atoms with Crippen molar-refractivity contribution in [3.63, 3.8) is 0 Å². The summed E-state index contributed by atoms with van der Waals surface area (Å²) in [7, 11) is 0. The molecule has 1 aromatic heterocycles. The van der Waals surface area contributed by atoms with E-state index in [1.165, 1.54) is 0 Å². The molecular weight excluding hydrogens is 413 g/mol. The number of rotatable bonds is 3. The summed E-state index contributed by atoms with van der Waals surface area (Å²) in [5.74, 6) is -0.0181. The van der Waals surface area contributed by atoms with Crippen LogP contribution < -0.4 is 10.2 Å². The number of benzene rings is 2. The highest BCUT2D eigenvalue weighted by molar-refractivity contribution is 6.39. The summed E-state index contributed by atoms with van der Waals surface area (Å²) in [6.45, 7) is 3.84. The predicted octanol–water partition coefficient (Wildman–Crippen LogP) is 5.12. The van der Waals surface area contributed by atoms with Crippen LogP contribution in [0.1, 0.15) is 28.6 Å². The predicted molar refractivity (Wildman–Crippen MR) is 113 cm³/mol. The lowest BCUT2D eigenvalue weighted by molar-refractivity contribution is -0.116. The summed E-state index contributed by atoms with van der Waals surface area (Å²) < 4.78 is 5.26. The van der Waals surface area contributed by atoms with Gasteiger partial charge in [-0.05, 0) is 49.2 Å². The van der Waals surface area contributed by atoms with Crippen LogP contribution >= 0.6 is 23.2 Å². The van der Waals surface area contributed by atoms with Crippen molar-refractivity contribution in [3.05, 3.63) is 63.3 Å². The van der Waals surface area contributed by atoms with E-state index in [0.717, 1.165) is 17.7 Å². The molecule has 2 heterocycles. The Labute approximate surface area is 177 Å². The van der Waals surface area contributed by atoms with Crippen molar-refractivity contribution in [2.24, 2.45) is 0 Å². The van der Waals surface area contributed by atoms with E-state index in [1.54, 1.807) is 43.0 Å². The van der Waals surface area contributed by atoms with Crippen LogP contribution in [0.5, 0.6) is 0 Å². The Morgan fingerprint density at radius 3 is 2.59 bits per heavy atom. The zero-order valence-electron chi connectivity index (χ0n) is 15.8. The van der Waals surface area contributed by atoms with Gasteiger partial charge < -0.3 is 14.7 Å². The molecule has 2 amide bonds. The lowest BCUT2D eigenvalue weighted by Gasteiger charge is -2.15. The molecule has 1 aliphatic heterocycles. The minimum atomic E-state index is -0.379. The van der Waals surface area contributed by atoms with Crippen molar-refractivity contribution < 1.29 is 14.1 Å². The molecule has 0 saturated carbocycles. The Hall–Kier alpha value is -2.83. The molecule has 0 bridgehead atoms. The van der Waals surface area contributed by atoms with Crippen LogP contribution in [0, 0.1) is 6.92 Å². The topological polar surface area (TPSA) is 75.4 Å². The molecule has 148 valence electrons. The summed E-state index contributed by atoms with van der Waals surface area (Å²) in [4.78, 5) is 26.5. The maximum absolute atomic E-state index is 13.0. The number of aryl methyl sites for hydroxylation is 1. The third kappa shape index (κ3) is 3.50. The van der Waals surface area contributed by atoms with Crippen molar-refractivity contribution in [3.8, 4) is 11.3 Å². The van der Waals surface area contributed by atoms with Gasteiger partial charge in [-0.3, -0.25) is 9.59 Å². The van der Waals surface area contributed by atoms with E-state index >= 15 is 0 Å². The van der Waals surface area contributed by atoms with Gasteiger partial charge in [0.25, 0.3) is 5.91 Å². The van der Waals surface area contributed by atoms with Crippen LogP contribution in [0.15, 0.2) is 40.9 Å². The van der Waals surface area contributed by atoms with Crippen LogP contribution in [-0.2, 0) is 11.2 Å². The average Bonchev–Trinajstić information content (AvgIpc) is 3.25. The van der Waals surface area contributed by atoms with Gasteiger partial charge >= 0.3 is 0 Å². The molecule has 1 aliphatic rings. The van der Waals surface area contributed by atoms with Crippen molar-refractivity contribution in [2.75, 3.05) is 16.8 Å². The van der Waals surface area contributed by atoms with Gasteiger partial charge in [0.15, 0.2) is 0 Å². The third-order valence-electron chi connectivity index (χ3n) is 4.90. The Bertz CT molecular complexity index is 1120. The number of halogens is 2. The minimum absolute atomic E-state index is 0.00175. The summed E-state index contributed by atoms with van der Waals surface area (Å²) in [5.41, 5.74) is 3.51. The largest absolute Gasteiger partial charge is 0.360 e. The normalized spacial score (nSPS) is 12.8. The van der Waals surface area contributed by atoms with Gasteiger partial charge in [0.05, 0.1) is 10.0 Å². The lowest BCUT2D eigenvalue weighted by Crippen LogP contribution is -2.25. The average molecular weight is 430 g/mol. The number of hydrogen-bond acceptors (Lipinski definition) is 4. The molecule has 0 spiro atoms. The van der Waals surface area contributed by atoms with Gasteiger partial charge in [-0.15, -0.1) is 0 Å². The molecule has 0 aliphatic carbocycles. The Morgan fingerprint density at radius 1 is 1.17 bits per heavy atom. The summed E-state index contributed by atoms with van der Waals surface area (Å²) in [6, 6.07) is 10.6. The zero-order valence-corrected chi connectivity index (χ0v) is 17.3. The maximum atomic E-state index is 13.0. The SMILES string of the molecule is CC(=O)N1CCc2cc(NC(=O)c3c(-c4c(Cl)cccc4Cl)noc3C)ccc21. The van der Waals surface area contributed by atoms with Crippen molar-refractivity contribution in [1.29, 1.82) is 0 Å². The van der Waals surface area contributed by atoms with Crippen LogP contribution in [-0.4, -0.2) is 23.5 Å². The molecule has 6 nitrogen and oxygen atoms in total. The van der Waals surface area contributed by atoms with Crippen molar-refractivity contribution in [1.82, 2.24) is 5.16 Å². The molecule has 0 saturated heterocycles. The standard InChI is InChI=1S/C21H17Cl2N3O3/c1-11-18(20(25-29-11)19-15(22)4-3-5-16(19)23)21(28)24-14-6-7-17-13(10-14)8-9-26(17)12(2)27/h3-7,10H,8-9H2,1-2H3,(H,24,28). The monoisotopic (exact) mass is 429 g/mol. The van der Waals surface area contributed by atoms with Crippen LogP contribution in [0.25, 0.3) is 11.3 Å². The molecule has 0 atom stereocenters. The van der Waals surface area contributed by atoms with E-state index in [-0.39, 0.29) is 17.4 Å². The van der Waals surface area contributed by atoms with E-state index in [2.05, 4.69) is 10.5 Å². The van der Waals surface area contributed by atoms with Gasteiger partial charge in [0.1, 0.15) is 17.0 Å². The second kappa shape index (κ2) is 7.54. The van der Waals surface area contributed by atoms with Gasteiger partial charge in [0, 0.05) is 30.4 Å². The fraction of sp³-hybridized carbons (Fsp3) is 0.190. The molecule has 0 fully saturated rings. The first-order valence-electron chi connectivity index (χ1n) is 9.00. The molecule has 0 unspecified atom stereocenters. The number of nitrogens with one attached hydrogen (secondary N) is 1. The first kappa shape index (κ1) is 19.5. The van der Waals surface area contributed by atoms with E-state index in [4.69, 9.17) is 27.7 Å². The highest BCUT2D eigenvalue weighted by atomic mass is 35.5. The molecule has 8 heteroatoms. The van der Waals surface area contributed by atoms with E-state index < -0.39 is 0 Å². The zero-order chi connectivity index (χ0) is 20.7. The molecular formula is C21H17Cl2N3O3. The fourth-order valence-electron chi connectivity index (χ4n) is 3.53. The number of amides is 2. The number of nitrogens with zero attached hydrogens (tertiary/aromatic N) is 2. The number of aromatic nitrogens is 1. The molecule has 2 aromatic carbocycles. The second-order valence-corrected chi connectivity index (χ2v) is 7.59. The molecule has 1 N–H and O–H groups in total. The molecule has 4 rings (SSSR count). The van der Waals surface area contributed by atoms with Gasteiger partial charge in [-0.25, -0.2) is 0 Å². The third-order valence-corrected chi connectivity index (χ3v) is 5.53. The van der Waals surface area contributed by atoms with Crippen LogP contribution in [0.4, 0.5) is 11.4 Å². The van der Waals surface area contributed by atoms with Crippen LogP contribution in [0.3, 0.4) is 0 Å². The maximum Gasteiger partial charge on any atom is 0.261 e. The van der Waals surface area contributed by atoms with E-state index in [1.807, 2.05) is 12.1 Å². The summed E-state index contributed by atoms with van der Waals surface area (Å²) in [5, 5.41) is 7.64. The van der Waals surface area contributed by atoms with Gasteiger partial charge in [0.2, 0.25) is 5.91 Å². The Kier molecular flexibility index (Phi) is 5.06. The highest BCUT2D eigenvalue weighted by Crippen LogP contribution is 2.37. The van der Waals surface area contributed by atoms with Crippen molar-refractivity contribution in [2.45, 2.75) is 20.3 Å². The summed E-state index contributed by atoms with van der Waals surface area (Å²) in [6.07, 6.45) is 0.741. The van der Waals surface area contributed by atoms with Crippen molar-refractivity contribution >= 4 is 46.4 Å². The molecule has 29 heavy (non-hydrogen) atoms. The lowest BCUT2D eigenvalue weighted by atomic mass is 10.0. The minimum Gasteiger partial charge on any atom is -0.360 e. The van der Waals surface area contributed by atoms with E-state index in [9.17, 15) is 9.59 Å². The fourth-order valence-corrected chi connectivity index (χ4v) is 4.11. The summed E-state index contributed by atoms with van der Waals surface area (Å²) >= 11 is 12.6. The number of carbonyl (C=O) groups is 2. The smallest absolute Gasteiger partial charge is 0.261 e. The van der Waals surface area contributed by atoms with Crippen LogP contribution in [0.2, 0.25) is 10.0 Å². The first-order valence-corrected chi connectivity index (χ1v) is 9.75. The number of hydrogen-bond donors (Lipinski definition) is 1. The molecule has 0 radical (unpaired) electrons. The first-order chi connectivity index (χ1) is 13.9. The van der Waals surface area contributed by atoms with E-state index in [0.29, 0.717) is 39.3 Å². The number of fused-ring (bicyclic) bond motifs is 1. The quantitative estimate of drug-likeness (QED) is 0.626. The van der Waals surface area contributed by atoms with Gasteiger partial charge in [-0.1, -0.05) is 34.4 Å². The Morgan fingerprint density at radius 2 is 1.90 bits per heavy atom. The number of carbonyl (C=O) groups excluding carboxylic acids is 2. The second-order valence-electron chi connectivity index (χ2n) is 6.78. The Balaban J connectivity index is 1.66.